The monoisotopic (exact) mass is 310 g/mol. The summed E-state index contributed by atoms with van der Waals surface area (Å²) in [7, 11) is 0. The Morgan fingerprint density at radius 3 is 2.13 bits per heavy atom. The maximum absolute atomic E-state index is 11.9. The van der Waals surface area contributed by atoms with Gasteiger partial charge in [-0.05, 0) is 37.8 Å². The summed E-state index contributed by atoms with van der Waals surface area (Å²) < 4.78 is 10.8. The molecule has 0 spiro atoms. The van der Waals surface area contributed by atoms with E-state index in [1.807, 2.05) is 25.1 Å². The molecule has 0 atom stereocenters. The number of ether oxygens (including phenoxy) is 2. The average Bonchev–Trinajstić information content (AvgIpc) is 2.49. The topological polar surface area (TPSA) is 52.6 Å². The van der Waals surface area contributed by atoms with Gasteiger partial charge in [-0.25, -0.2) is 9.59 Å². The molecule has 0 aliphatic rings. The molecule has 0 radical (unpaired) electrons. The first-order valence-corrected chi connectivity index (χ1v) is 7.09. The third-order valence-electron chi connectivity index (χ3n) is 3.25. The smallest absolute Gasteiger partial charge is 0.338 e. The number of benzene rings is 2. The fourth-order valence-electron chi connectivity index (χ4n) is 2.00. The molecule has 2 rings (SSSR count). The lowest BCUT2D eigenvalue weighted by molar-refractivity contribution is -0.130. The quantitative estimate of drug-likeness (QED) is 0.484. The number of hydrogen-bond acceptors (Lipinski definition) is 4. The predicted octanol–water partition coefficient (Wildman–Crippen LogP) is 4.11. The first-order valence-electron chi connectivity index (χ1n) is 7.09. The lowest BCUT2D eigenvalue weighted by Crippen LogP contribution is -2.11. The fraction of sp³-hybridized carbons (Fsp3) is 0.158. The van der Waals surface area contributed by atoms with Crippen molar-refractivity contribution in [2.75, 3.05) is 0 Å². The molecule has 0 amide bonds. The number of esters is 2. The second-order valence-electron chi connectivity index (χ2n) is 5.41. The van der Waals surface area contributed by atoms with Crippen LogP contribution in [0.2, 0.25) is 0 Å². The number of aryl methyl sites for hydroxylation is 1. The average molecular weight is 310 g/mol. The zero-order chi connectivity index (χ0) is 17.1. The van der Waals surface area contributed by atoms with E-state index < -0.39 is 11.9 Å². The summed E-state index contributed by atoms with van der Waals surface area (Å²) in [5, 5.41) is 1.36. The molecule has 0 fully saturated rings. The maximum Gasteiger partial charge on any atom is 0.338 e. The zero-order valence-corrected chi connectivity index (χ0v) is 13.4. The highest BCUT2D eigenvalue weighted by Gasteiger charge is 2.17. The minimum atomic E-state index is -0.531. The normalized spacial score (nSPS) is 10.2. The van der Waals surface area contributed by atoms with E-state index in [1.165, 1.54) is 0 Å². The van der Waals surface area contributed by atoms with E-state index in [-0.39, 0.29) is 11.1 Å². The number of carbonyl (C=O) groups excluding carboxylic acids is 2. The fourth-order valence-corrected chi connectivity index (χ4v) is 2.00. The van der Waals surface area contributed by atoms with Gasteiger partial charge in [0.25, 0.3) is 0 Å². The van der Waals surface area contributed by atoms with Crippen molar-refractivity contribution in [3.05, 3.63) is 60.2 Å². The highest BCUT2D eigenvalue weighted by molar-refractivity contribution is 6.00. The second-order valence-corrected chi connectivity index (χ2v) is 5.41. The molecule has 2 aromatic carbocycles. The Kier molecular flexibility index (Phi) is 4.65. The van der Waals surface area contributed by atoms with Crippen LogP contribution in [0.1, 0.15) is 19.4 Å². The zero-order valence-electron chi connectivity index (χ0n) is 13.4. The Balaban J connectivity index is 2.62. The standard InChI is InChI=1S/C19H18O4/c1-11(2)18(20)22-15-8-6-7-14-10-9-13(5)17(16(14)15)23-19(21)12(3)4/h6-10H,1,3H2,2,4-5H3. The van der Waals surface area contributed by atoms with Gasteiger partial charge < -0.3 is 9.47 Å². The van der Waals surface area contributed by atoms with E-state index in [2.05, 4.69) is 13.2 Å². The van der Waals surface area contributed by atoms with Crippen molar-refractivity contribution in [2.45, 2.75) is 20.8 Å². The van der Waals surface area contributed by atoms with Gasteiger partial charge in [-0.1, -0.05) is 37.4 Å². The van der Waals surface area contributed by atoms with Gasteiger partial charge in [0.05, 0.1) is 5.39 Å². The van der Waals surface area contributed by atoms with Crippen molar-refractivity contribution in [1.82, 2.24) is 0 Å². The summed E-state index contributed by atoms with van der Waals surface area (Å²) in [6, 6.07) is 8.99. The predicted molar refractivity (Wildman–Crippen MR) is 89.6 cm³/mol. The minimum Gasteiger partial charge on any atom is -0.422 e. The van der Waals surface area contributed by atoms with Crippen LogP contribution in [0.3, 0.4) is 0 Å². The largest absolute Gasteiger partial charge is 0.422 e. The summed E-state index contributed by atoms with van der Waals surface area (Å²) in [6.07, 6.45) is 0. The van der Waals surface area contributed by atoms with Crippen LogP contribution in [0.4, 0.5) is 0 Å². The van der Waals surface area contributed by atoms with Gasteiger partial charge in [-0.2, -0.15) is 0 Å². The van der Waals surface area contributed by atoms with Gasteiger partial charge in [0.15, 0.2) is 0 Å². The summed E-state index contributed by atoms with van der Waals surface area (Å²) in [6.45, 7) is 12.1. The highest BCUT2D eigenvalue weighted by Crippen LogP contribution is 2.37. The summed E-state index contributed by atoms with van der Waals surface area (Å²) in [4.78, 5) is 23.7. The van der Waals surface area contributed by atoms with Gasteiger partial charge in [-0.15, -0.1) is 0 Å². The summed E-state index contributed by atoms with van der Waals surface area (Å²) in [5.41, 5.74) is 1.33. The molecule has 0 saturated heterocycles. The number of fused-ring (bicyclic) bond motifs is 1. The van der Waals surface area contributed by atoms with Crippen molar-refractivity contribution < 1.29 is 19.1 Å². The van der Waals surface area contributed by atoms with Gasteiger partial charge >= 0.3 is 11.9 Å². The van der Waals surface area contributed by atoms with E-state index in [9.17, 15) is 9.59 Å². The molecule has 0 bridgehead atoms. The Morgan fingerprint density at radius 1 is 0.913 bits per heavy atom. The van der Waals surface area contributed by atoms with Crippen molar-refractivity contribution in [3.8, 4) is 11.5 Å². The van der Waals surface area contributed by atoms with Crippen LogP contribution in [0, 0.1) is 6.92 Å². The molecule has 0 saturated carbocycles. The van der Waals surface area contributed by atoms with E-state index in [4.69, 9.17) is 9.47 Å². The van der Waals surface area contributed by atoms with Crippen molar-refractivity contribution >= 4 is 22.7 Å². The van der Waals surface area contributed by atoms with Crippen LogP contribution < -0.4 is 9.47 Å². The molecular formula is C19H18O4. The first kappa shape index (κ1) is 16.5. The number of rotatable bonds is 4. The van der Waals surface area contributed by atoms with Crippen molar-refractivity contribution in [2.24, 2.45) is 0 Å². The molecular weight excluding hydrogens is 292 g/mol. The van der Waals surface area contributed by atoms with Crippen LogP contribution in [-0.4, -0.2) is 11.9 Å². The SMILES string of the molecule is C=C(C)C(=O)Oc1cccc2ccc(C)c(OC(=O)C(=C)C)c12. The Bertz CT molecular complexity index is 831. The van der Waals surface area contributed by atoms with Crippen molar-refractivity contribution in [1.29, 1.82) is 0 Å². The Hall–Kier alpha value is -2.88. The molecule has 0 aliphatic carbocycles. The third-order valence-corrected chi connectivity index (χ3v) is 3.25. The van der Waals surface area contributed by atoms with Crippen LogP contribution in [0.5, 0.6) is 11.5 Å². The molecule has 0 N–H and O–H groups in total. The molecule has 23 heavy (non-hydrogen) atoms. The van der Waals surface area contributed by atoms with E-state index in [0.717, 1.165) is 10.9 Å². The maximum atomic E-state index is 11.9. The van der Waals surface area contributed by atoms with E-state index >= 15 is 0 Å². The molecule has 4 heteroatoms. The second kappa shape index (κ2) is 6.48. The molecule has 118 valence electrons. The van der Waals surface area contributed by atoms with Gasteiger partial charge in [0.1, 0.15) is 11.5 Å². The van der Waals surface area contributed by atoms with Crippen molar-refractivity contribution in [3.63, 3.8) is 0 Å². The lowest BCUT2D eigenvalue weighted by atomic mass is 10.0. The molecule has 4 nitrogen and oxygen atoms in total. The highest BCUT2D eigenvalue weighted by atomic mass is 16.5. The van der Waals surface area contributed by atoms with Crippen LogP contribution in [0.25, 0.3) is 10.8 Å². The van der Waals surface area contributed by atoms with Crippen LogP contribution in [-0.2, 0) is 9.59 Å². The van der Waals surface area contributed by atoms with Gasteiger partial charge in [0, 0.05) is 11.1 Å². The summed E-state index contributed by atoms with van der Waals surface area (Å²) in [5.74, 6) is -0.373. The molecule has 0 heterocycles. The Morgan fingerprint density at radius 2 is 1.52 bits per heavy atom. The van der Waals surface area contributed by atoms with Crippen LogP contribution >= 0.6 is 0 Å². The molecule has 2 aromatic rings. The molecule has 0 unspecified atom stereocenters. The summed E-state index contributed by atoms with van der Waals surface area (Å²) >= 11 is 0. The molecule has 0 aromatic heterocycles. The Labute approximate surface area is 135 Å². The number of hydrogen-bond donors (Lipinski definition) is 0. The minimum absolute atomic E-state index is 0.287. The first-order chi connectivity index (χ1) is 10.8. The molecule has 0 aliphatic heterocycles. The van der Waals surface area contributed by atoms with Crippen LogP contribution in [0.15, 0.2) is 54.6 Å². The lowest BCUT2D eigenvalue weighted by Gasteiger charge is -2.14. The number of carbonyl (C=O) groups is 2. The van der Waals surface area contributed by atoms with E-state index in [0.29, 0.717) is 16.9 Å². The third kappa shape index (κ3) is 3.48. The van der Waals surface area contributed by atoms with E-state index in [1.54, 1.807) is 26.0 Å². The van der Waals surface area contributed by atoms with Gasteiger partial charge in [-0.3, -0.25) is 0 Å². The van der Waals surface area contributed by atoms with Gasteiger partial charge in [0.2, 0.25) is 0 Å².